The Bertz CT molecular complexity index is 625. The maximum absolute atomic E-state index is 13.5. The van der Waals surface area contributed by atoms with Gasteiger partial charge in [-0.3, -0.25) is 9.59 Å². The highest BCUT2D eigenvalue weighted by Gasteiger charge is 2.38. The Hall–Kier alpha value is -2.11. The number of carbonyl (C=O) groups excluding carboxylic acids is 2. The van der Waals surface area contributed by atoms with Gasteiger partial charge in [-0.05, 0) is 25.0 Å². The molecule has 1 aliphatic heterocycles. The molecule has 0 bridgehead atoms. The van der Waals surface area contributed by atoms with Gasteiger partial charge in [-0.15, -0.1) is 0 Å². The fraction of sp³-hybridized carbons (Fsp3) is 0.579. The molecule has 5 nitrogen and oxygen atoms in total. The van der Waals surface area contributed by atoms with Crippen LogP contribution in [0.5, 0.6) is 5.75 Å². The van der Waals surface area contributed by atoms with Crippen molar-refractivity contribution in [2.75, 3.05) is 26.7 Å². The molecule has 1 aromatic carbocycles. The summed E-state index contributed by atoms with van der Waals surface area (Å²) in [5.41, 5.74) is 0. The van der Waals surface area contributed by atoms with Crippen molar-refractivity contribution >= 4 is 11.8 Å². The van der Waals surface area contributed by atoms with Crippen molar-refractivity contribution in [2.45, 2.75) is 38.1 Å². The van der Waals surface area contributed by atoms with Crippen molar-refractivity contribution in [3.63, 3.8) is 0 Å². The fourth-order valence-corrected chi connectivity index (χ4v) is 3.57. The molecular weight excluding hydrogens is 323 g/mol. The lowest BCUT2D eigenvalue weighted by atomic mass is 9.92. The quantitative estimate of drug-likeness (QED) is 0.821. The predicted octanol–water partition coefficient (Wildman–Crippen LogP) is 2.45. The van der Waals surface area contributed by atoms with Gasteiger partial charge in [0.1, 0.15) is 0 Å². The fourth-order valence-electron chi connectivity index (χ4n) is 3.57. The molecule has 1 saturated heterocycles. The largest absolute Gasteiger partial charge is 0.481 e. The molecule has 0 radical (unpaired) electrons. The number of halogens is 1. The monoisotopic (exact) mass is 348 g/mol. The van der Waals surface area contributed by atoms with Crippen LogP contribution in [-0.2, 0) is 9.59 Å². The molecule has 1 aliphatic carbocycles. The molecule has 0 N–H and O–H groups in total. The Balaban J connectivity index is 1.43. The third-order valence-electron chi connectivity index (χ3n) is 5.24. The zero-order valence-corrected chi connectivity index (χ0v) is 14.6. The molecule has 2 aliphatic rings. The Morgan fingerprint density at radius 3 is 2.56 bits per heavy atom. The number of hydrogen-bond acceptors (Lipinski definition) is 3. The van der Waals surface area contributed by atoms with E-state index in [-0.39, 0.29) is 30.1 Å². The van der Waals surface area contributed by atoms with Gasteiger partial charge in [-0.2, -0.15) is 0 Å². The molecule has 0 spiro atoms. The van der Waals surface area contributed by atoms with Crippen molar-refractivity contribution < 1.29 is 18.7 Å². The first-order valence-electron chi connectivity index (χ1n) is 8.98. The van der Waals surface area contributed by atoms with Crippen LogP contribution in [0, 0.1) is 11.7 Å². The summed E-state index contributed by atoms with van der Waals surface area (Å²) in [5.74, 6) is -0.620. The van der Waals surface area contributed by atoms with Crippen molar-refractivity contribution in [3.05, 3.63) is 30.1 Å². The summed E-state index contributed by atoms with van der Waals surface area (Å²) in [6.45, 7) is 0.644. The summed E-state index contributed by atoms with van der Waals surface area (Å²) in [6, 6.07) is 6.35. The first-order valence-corrected chi connectivity index (χ1v) is 8.98. The van der Waals surface area contributed by atoms with Crippen molar-refractivity contribution in [1.82, 2.24) is 9.80 Å². The Morgan fingerprint density at radius 2 is 1.88 bits per heavy atom. The first kappa shape index (κ1) is 17.7. The maximum atomic E-state index is 13.5. The highest BCUT2D eigenvalue weighted by molar-refractivity contribution is 5.85. The van der Waals surface area contributed by atoms with Crippen LogP contribution in [0.2, 0.25) is 0 Å². The molecule has 6 heteroatoms. The Morgan fingerprint density at radius 1 is 1.20 bits per heavy atom. The van der Waals surface area contributed by atoms with Crippen LogP contribution in [0.4, 0.5) is 4.39 Å². The van der Waals surface area contributed by atoms with Gasteiger partial charge >= 0.3 is 0 Å². The number of nitrogens with zero attached hydrogens (tertiary/aromatic N) is 2. The SMILES string of the molecule is CN(C(=O)C1CN(C(=O)COc2ccccc2F)C1)C1CCCCC1. The number of hydrogen-bond donors (Lipinski definition) is 0. The van der Waals surface area contributed by atoms with E-state index >= 15 is 0 Å². The lowest BCUT2D eigenvalue weighted by Crippen LogP contribution is -2.58. The summed E-state index contributed by atoms with van der Waals surface area (Å²) >= 11 is 0. The van der Waals surface area contributed by atoms with E-state index in [4.69, 9.17) is 4.74 Å². The minimum absolute atomic E-state index is 0.0704. The summed E-state index contributed by atoms with van der Waals surface area (Å²) in [7, 11) is 1.88. The highest BCUT2D eigenvalue weighted by Crippen LogP contribution is 2.25. The van der Waals surface area contributed by atoms with E-state index in [1.807, 2.05) is 11.9 Å². The molecule has 0 aromatic heterocycles. The van der Waals surface area contributed by atoms with E-state index in [1.54, 1.807) is 17.0 Å². The van der Waals surface area contributed by atoms with Crippen LogP contribution >= 0.6 is 0 Å². The normalized spacial score (nSPS) is 18.6. The Labute approximate surface area is 147 Å². The molecule has 1 saturated carbocycles. The van der Waals surface area contributed by atoms with E-state index in [0.29, 0.717) is 19.1 Å². The van der Waals surface area contributed by atoms with Crippen LogP contribution < -0.4 is 4.74 Å². The van der Waals surface area contributed by atoms with Crippen molar-refractivity contribution in [1.29, 1.82) is 0 Å². The average molecular weight is 348 g/mol. The summed E-state index contributed by atoms with van der Waals surface area (Å²) < 4.78 is 18.7. The van der Waals surface area contributed by atoms with E-state index in [9.17, 15) is 14.0 Å². The number of benzene rings is 1. The second kappa shape index (κ2) is 7.85. The summed E-state index contributed by atoms with van der Waals surface area (Å²) in [4.78, 5) is 28.1. The number of rotatable bonds is 5. The van der Waals surface area contributed by atoms with E-state index < -0.39 is 5.82 Å². The van der Waals surface area contributed by atoms with Gasteiger partial charge in [0, 0.05) is 26.2 Å². The third-order valence-corrected chi connectivity index (χ3v) is 5.24. The van der Waals surface area contributed by atoms with Gasteiger partial charge in [0.25, 0.3) is 5.91 Å². The molecule has 1 aromatic rings. The van der Waals surface area contributed by atoms with Crippen LogP contribution in [0.15, 0.2) is 24.3 Å². The van der Waals surface area contributed by atoms with Gasteiger partial charge in [-0.25, -0.2) is 4.39 Å². The number of para-hydroxylation sites is 1. The molecule has 136 valence electrons. The summed E-state index contributed by atoms with van der Waals surface area (Å²) in [6.07, 6.45) is 5.78. The van der Waals surface area contributed by atoms with Crippen LogP contribution in [0.1, 0.15) is 32.1 Å². The Kier molecular flexibility index (Phi) is 5.56. The van der Waals surface area contributed by atoms with Crippen LogP contribution in [0.3, 0.4) is 0 Å². The van der Waals surface area contributed by atoms with Crippen molar-refractivity contribution in [2.24, 2.45) is 5.92 Å². The second-order valence-corrected chi connectivity index (χ2v) is 6.96. The highest BCUT2D eigenvalue weighted by atomic mass is 19.1. The molecule has 2 amide bonds. The van der Waals surface area contributed by atoms with Gasteiger partial charge in [0.15, 0.2) is 18.2 Å². The molecule has 3 rings (SSSR count). The van der Waals surface area contributed by atoms with Gasteiger partial charge in [0.05, 0.1) is 5.92 Å². The minimum atomic E-state index is -0.485. The summed E-state index contributed by atoms with van der Waals surface area (Å²) in [5, 5.41) is 0. The number of carbonyl (C=O) groups is 2. The van der Waals surface area contributed by atoms with Crippen LogP contribution in [-0.4, -0.2) is 54.4 Å². The smallest absolute Gasteiger partial charge is 0.260 e. The molecule has 0 atom stereocenters. The lowest BCUT2D eigenvalue weighted by Gasteiger charge is -2.42. The first-order chi connectivity index (χ1) is 12.1. The van der Waals surface area contributed by atoms with Crippen LogP contribution in [0.25, 0.3) is 0 Å². The number of amides is 2. The predicted molar refractivity (Wildman–Crippen MR) is 91.6 cm³/mol. The van der Waals surface area contributed by atoms with E-state index in [2.05, 4.69) is 0 Å². The topological polar surface area (TPSA) is 49.9 Å². The van der Waals surface area contributed by atoms with Gasteiger partial charge in [-0.1, -0.05) is 31.4 Å². The lowest BCUT2D eigenvalue weighted by molar-refractivity contribution is -0.150. The third kappa shape index (κ3) is 4.11. The second-order valence-electron chi connectivity index (χ2n) is 6.96. The number of ether oxygens (including phenoxy) is 1. The average Bonchev–Trinajstić information content (AvgIpc) is 2.59. The zero-order chi connectivity index (χ0) is 17.8. The maximum Gasteiger partial charge on any atom is 0.260 e. The van der Waals surface area contributed by atoms with Gasteiger partial charge in [0.2, 0.25) is 5.91 Å². The van der Waals surface area contributed by atoms with E-state index in [0.717, 1.165) is 12.8 Å². The van der Waals surface area contributed by atoms with Crippen molar-refractivity contribution in [3.8, 4) is 5.75 Å². The standard InChI is InChI=1S/C19H25FN2O3/c1-21(15-7-3-2-4-8-15)19(24)14-11-22(12-14)18(23)13-25-17-10-6-5-9-16(17)20/h5-6,9-10,14-15H,2-4,7-8,11-13H2,1H3. The molecule has 1 heterocycles. The molecule has 25 heavy (non-hydrogen) atoms. The zero-order valence-electron chi connectivity index (χ0n) is 14.6. The molecule has 0 unspecified atom stereocenters. The van der Waals surface area contributed by atoms with Gasteiger partial charge < -0.3 is 14.5 Å². The number of likely N-dealkylation sites (tertiary alicyclic amines) is 1. The molecular formula is C19H25FN2O3. The molecule has 2 fully saturated rings. The van der Waals surface area contributed by atoms with E-state index in [1.165, 1.54) is 31.4 Å². The minimum Gasteiger partial charge on any atom is -0.481 e.